The van der Waals surface area contributed by atoms with Crippen LogP contribution in [0.5, 0.6) is 0 Å². The average molecular weight is 328 g/mol. The number of carbonyl (C=O) groups excluding carboxylic acids is 1. The van der Waals surface area contributed by atoms with Gasteiger partial charge >= 0.3 is 0 Å². The number of aliphatic hydroxyl groups excluding tert-OH is 1. The van der Waals surface area contributed by atoms with Crippen molar-refractivity contribution in [3.8, 4) is 0 Å². The Morgan fingerprint density at radius 3 is 2.88 bits per heavy atom. The third-order valence-corrected chi connectivity index (χ3v) is 4.58. The van der Waals surface area contributed by atoms with Crippen molar-refractivity contribution in [1.29, 1.82) is 0 Å². The maximum Gasteiger partial charge on any atom is 0.251 e. The first-order valence-corrected chi connectivity index (χ1v) is 8.64. The molecule has 1 aliphatic rings. The van der Waals surface area contributed by atoms with E-state index in [1.54, 1.807) is 18.3 Å². The number of carbonyl (C=O) groups is 1. The topological polar surface area (TPSA) is 87.1 Å². The van der Waals surface area contributed by atoms with E-state index in [1.165, 1.54) is 12.8 Å². The first kappa shape index (κ1) is 16.6. The summed E-state index contributed by atoms with van der Waals surface area (Å²) in [4.78, 5) is 21.2. The van der Waals surface area contributed by atoms with Crippen molar-refractivity contribution < 1.29 is 9.90 Å². The van der Waals surface area contributed by atoms with E-state index in [0.29, 0.717) is 24.0 Å². The fourth-order valence-electron chi connectivity index (χ4n) is 3.03. The van der Waals surface area contributed by atoms with Gasteiger partial charge in [0.2, 0.25) is 5.95 Å². The molecule has 6 nitrogen and oxygen atoms in total. The van der Waals surface area contributed by atoms with E-state index in [0.717, 1.165) is 23.7 Å². The van der Waals surface area contributed by atoms with Gasteiger partial charge in [-0.3, -0.25) is 4.79 Å². The van der Waals surface area contributed by atoms with Gasteiger partial charge in [-0.25, -0.2) is 9.97 Å². The number of aliphatic hydroxyl groups is 1. The summed E-state index contributed by atoms with van der Waals surface area (Å²) in [6, 6.07) is 5.61. The highest BCUT2D eigenvalue weighted by Crippen LogP contribution is 2.22. The lowest BCUT2D eigenvalue weighted by molar-refractivity contribution is 0.0915. The SMILES string of the molecule is CC[C@@H](CO)NC(=O)c1ccc2cnc(NC3CCCC3)nc2c1. The van der Waals surface area contributed by atoms with Gasteiger partial charge in [-0.1, -0.05) is 25.8 Å². The van der Waals surface area contributed by atoms with E-state index in [2.05, 4.69) is 20.6 Å². The molecule has 1 aromatic heterocycles. The molecule has 0 unspecified atom stereocenters. The minimum Gasteiger partial charge on any atom is -0.394 e. The highest BCUT2D eigenvalue weighted by molar-refractivity contribution is 5.97. The third kappa shape index (κ3) is 3.82. The largest absolute Gasteiger partial charge is 0.394 e. The van der Waals surface area contributed by atoms with Crippen molar-refractivity contribution >= 4 is 22.8 Å². The minimum atomic E-state index is -0.224. The molecule has 3 N–H and O–H groups in total. The molecule has 1 aliphatic carbocycles. The average Bonchev–Trinajstić information content (AvgIpc) is 3.11. The maximum atomic E-state index is 12.3. The van der Waals surface area contributed by atoms with Gasteiger partial charge < -0.3 is 15.7 Å². The number of rotatable bonds is 6. The lowest BCUT2D eigenvalue weighted by atomic mass is 10.1. The van der Waals surface area contributed by atoms with E-state index < -0.39 is 0 Å². The zero-order valence-corrected chi connectivity index (χ0v) is 14.0. The van der Waals surface area contributed by atoms with Crippen LogP contribution in [0.2, 0.25) is 0 Å². The Labute approximate surface area is 141 Å². The Morgan fingerprint density at radius 2 is 2.17 bits per heavy atom. The van der Waals surface area contributed by atoms with Crippen LogP contribution in [0.25, 0.3) is 10.9 Å². The van der Waals surface area contributed by atoms with Crippen molar-refractivity contribution in [2.24, 2.45) is 0 Å². The Balaban J connectivity index is 1.79. The van der Waals surface area contributed by atoms with E-state index >= 15 is 0 Å². The van der Waals surface area contributed by atoms with E-state index in [9.17, 15) is 9.90 Å². The summed E-state index contributed by atoms with van der Waals surface area (Å²) in [6.45, 7) is 1.86. The molecule has 1 aromatic carbocycles. The van der Waals surface area contributed by atoms with Crippen molar-refractivity contribution in [2.75, 3.05) is 11.9 Å². The summed E-state index contributed by atoms with van der Waals surface area (Å²) in [5, 5.41) is 16.3. The molecule has 0 spiro atoms. The molecule has 1 fully saturated rings. The Hall–Kier alpha value is -2.21. The fraction of sp³-hybridized carbons (Fsp3) is 0.500. The number of fused-ring (bicyclic) bond motifs is 1. The molecule has 2 aromatic rings. The number of aromatic nitrogens is 2. The molecule has 128 valence electrons. The summed E-state index contributed by atoms with van der Waals surface area (Å²) >= 11 is 0. The molecule has 0 saturated heterocycles. The fourth-order valence-corrected chi connectivity index (χ4v) is 3.03. The molecule has 1 amide bonds. The number of nitrogens with zero attached hydrogens (tertiary/aromatic N) is 2. The molecule has 3 rings (SSSR count). The number of amides is 1. The van der Waals surface area contributed by atoms with Crippen molar-refractivity contribution in [3.05, 3.63) is 30.0 Å². The van der Waals surface area contributed by atoms with Crippen LogP contribution in [0.1, 0.15) is 49.4 Å². The van der Waals surface area contributed by atoms with Crippen LogP contribution in [-0.4, -0.2) is 39.7 Å². The summed E-state index contributed by atoms with van der Waals surface area (Å²) in [5.41, 5.74) is 1.29. The van der Waals surface area contributed by atoms with Gasteiger partial charge in [-0.2, -0.15) is 0 Å². The Morgan fingerprint density at radius 1 is 1.38 bits per heavy atom. The Bertz CT molecular complexity index is 709. The second-order valence-corrected chi connectivity index (χ2v) is 6.35. The monoisotopic (exact) mass is 328 g/mol. The lowest BCUT2D eigenvalue weighted by Crippen LogP contribution is -2.36. The Kier molecular flexibility index (Phi) is 5.25. The van der Waals surface area contributed by atoms with Crippen molar-refractivity contribution in [2.45, 2.75) is 51.1 Å². The number of hydrogen-bond donors (Lipinski definition) is 3. The molecule has 24 heavy (non-hydrogen) atoms. The van der Waals surface area contributed by atoms with E-state index in [1.807, 2.05) is 13.0 Å². The van der Waals surface area contributed by atoms with Gasteiger partial charge in [0.15, 0.2) is 0 Å². The van der Waals surface area contributed by atoms with E-state index in [-0.39, 0.29) is 18.6 Å². The summed E-state index contributed by atoms with van der Waals surface area (Å²) in [7, 11) is 0. The second-order valence-electron chi connectivity index (χ2n) is 6.35. The summed E-state index contributed by atoms with van der Waals surface area (Å²) in [6.07, 6.45) is 7.28. The predicted octanol–water partition coefficient (Wildman–Crippen LogP) is 2.49. The molecule has 0 aliphatic heterocycles. The molecule has 0 radical (unpaired) electrons. The first-order chi connectivity index (χ1) is 11.7. The van der Waals surface area contributed by atoms with Crippen LogP contribution in [-0.2, 0) is 0 Å². The molecular formula is C18H24N4O2. The molecular weight excluding hydrogens is 304 g/mol. The second kappa shape index (κ2) is 7.57. The lowest BCUT2D eigenvalue weighted by Gasteiger charge is -2.14. The van der Waals surface area contributed by atoms with Crippen LogP contribution in [0.3, 0.4) is 0 Å². The highest BCUT2D eigenvalue weighted by Gasteiger charge is 2.16. The third-order valence-electron chi connectivity index (χ3n) is 4.58. The normalized spacial score (nSPS) is 16.2. The van der Waals surface area contributed by atoms with Gasteiger partial charge in [0.05, 0.1) is 18.2 Å². The molecule has 1 atom stereocenters. The number of anilines is 1. The van der Waals surface area contributed by atoms with Gasteiger partial charge in [-0.05, 0) is 31.4 Å². The molecule has 1 saturated carbocycles. The standard InChI is InChI=1S/C18H24N4O2/c1-2-14(11-23)20-17(24)12-7-8-13-10-19-18(22-16(13)9-12)21-15-5-3-4-6-15/h7-10,14-15,23H,2-6,11H2,1H3,(H,20,24)(H,19,21,22)/t14-/m0/s1. The number of benzene rings is 1. The summed E-state index contributed by atoms with van der Waals surface area (Å²) < 4.78 is 0. The van der Waals surface area contributed by atoms with Gasteiger partial charge in [0.25, 0.3) is 5.91 Å². The summed E-state index contributed by atoms with van der Waals surface area (Å²) in [5.74, 6) is 0.426. The molecule has 1 heterocycles. The minimum absolute atomic E-state index is 0.0621. The predicted molar refractivity (Wildman–Crippen MR) is 94.0 cm³/mol. The van der Waals surface area contributed by atoms with Crippen LogP contribution in [0.4, 0.5) is 5.95 Å². The van der Waals surface area contributed by atoms with E-state index in [4.69, 9.17) is 0 Å². The van der Waals surface area contributed by atoms with Crippen LogP contribution >= 0.6 is 0 Å². The molecule has 6 heteroatoms. The zero-order chi connectivity index (χ0) is 16.9. The quantitative estimate of drug-likeness (QED) is 0.758. The molecule has 0 bridgehead atoms. The van der Waals surface area contributed by atoms with Gasteiger partial charge in [0.1, 0.15) is 0 Å². The van der Waals surface area contributed by atoms with Crippen LogP contribution in [0, 0.1) is 0 Å². The first-order valence-electron chi connectivity index (χ1n) is 8.64. The van der Waals surface area contributed by atoms with Gasteiger partial charge in [0, 0.05) is 23.2 Å². The van der Waals surface area contributed by atoms with Crippen LogP contribution < -0.4 is 10.6 Å². The van der Waals surface area contributed by atoms with Crippen LogP contribution in [0.15, 0.2) is 24.4 Å². The zero-order valence-electron chi connectivity index (χ0n) is 14.0. The number of hydrogen-bond acceptors (Lipinski definition) is 5. The number of nitrogens with one attached hydrogen (secondary N) is 2. The van der Waals surface area contributed by atoms with Gasteiger partial charge in [-0.15, -0.1) is 0 Å². The highest BCUT2D eigenvalue weighted by atomic mass is 16.3. The maximum absolute atomic E-state index is 12.3. The smallest absolute Gasteiger partial charge is 0.251 e. The van der Waals surface area contributed by atoms with Crippen molar-refractivity contribution in [1.82, 2.24) is 15.3 Å². The van der Waals surface area contributed by atoms with Crippen molar-refractivity contribution in [3.63, 3.8) is 0 Å².